The minimum atomic E-state index is -4.98. The minimum Gasteiger partial charge on any atom is -0.336 e. The molecule has 0 bridgehead atoms. The van der Waals surface area contributed by atoms with Crippen LogP contribution in [0.2, 0.25) is 0 Å². The number of nitrogens with zero attached hydrogens (tertiary/aromatic N) is 3. The molecule has 1 fully saturated rings. The van der Waals surface area contributed by atoms with Crippen molar-refractivity contribution in [1.29, 1.82) is 5.26 Å². The monoisotopic (exact) mass is 503 g/mol. The Hall–Kier alpha value is -3.18. The predicted molar refractivity (Wildman–Crippen MR) is 107 cm³/mol. The molecule has 14 heteroatoms. The second kappa shape index (κ2) is 9.59. The van der Waals surface area contributed by atoms with Crippen LogP contribution < -0.4 is 10.6 Å². The van der Waals surface area contributed by atoms with E-state index < -0.39 is 68.4 Å². The van der Waals surface area contributed by atoms with Crippen molar-refractivity contribution in [2.75, 3.05) is 5.75 Å². The average molecular weight is 503 g/mol. The van der Waals surface area contributed by atoms with E-state index in [4.69, 9.17) is 0 Å². The smallest absolute Gasteiger partial charge is 0.336 e. The fourth-order valence-corrected chi connectivity index (χ4v) is 4.57. The SMILES string of the molecule is N#CC1(NC(=O)[C@H](CS(=O)(=O)Cc2cnc(F)cn2)N[C@@H](c2ccc(F)cc2)C(F)(F)F)CC1. The van der Waals surface area contributed by atoms with Gasteiger partial charge >= 0.3 is 6.18 Å². The maximum Gasteiger partial charge on any atom is 0.407 e. The largest absolute Gasteiger partial charge is 0.407 e. The van der Waals surface area contributed by atoms with Crippen molar-refractivity contribution < 1.29 is 35.2 Å². The zero-order valence-corrected chi connectivity index (χ0v) is 18.1. The zero-order chi connectivity index (χ0) is 25.1. The van der Waals surface area contributed by atoms with E-state index in [1.807, 2.05) is 11.4 Å². The normalized spacial score (nSPS) is 16.8. The Kier molecular flexibility index (Phi) is 7.18. The lowest BCUT2D eigenvalue weighted by atomic mass is 10.0. The number of benzene rings is 1. The Morgan fingerprint density at radius 1 is 1.15 bits per heavy atom. The predicted octanol–water partition coefficient (Wildman–Crippen LogP) is 2.10. The van der Waals surface area contributed by atoms with Crippen molar-refractivity contribution >= 4 is 15.7 Å². The summed E-state index contributed by atoms with van der Waals surface area (Å²) in [7, 11) is -4.27. The highest BCUT2D eigenvalue weighted by Gasteiger charge is 2.48. The standard InChI is InChI=1S/C20H18F5N5O3S/c21-13-3-1-12(2-4-13)17(20(23,24)25)29-15(18(31)30-19(11-26)5-6-19)10-34(32,33)9-14-7-28-16(22)8-27-14/h1-4,7-8,15,17,29H,5-6,9-10H2,(H,30,31)/t15-,17-/m0/s1. The third kappa shape index (κ3) is 6.67. The molecule has 0 spiro atoms. The minimum absolute atomic E-state index is 0.179. The van der Waals surface area contributed by atoms with Crippen LogP contribution >= 0.6 is 0 Å². The van der Waals surface area contributed by atoms with Crippen LogP contribution in [-0.4, -0.2) is 47.8 Å². The third-order valence-electron chi connectivity index (χ3n) is 5.00. The van der Waals surface area contributed by atoms with E-state index >= 15 is 0 Å². The Bertz CT molecular complexity index is 1180. The topological polar surface area (TPSA) is 125 Å². The molecule has 1 saturated carbocycles. The number of carbonyl (C=O) groups excluding carboxylic acids is 1. The van der Waals surface area contributed by atoms with Crippen LogP contribution in [0.1, 0.15) is 30.1 Å². The van der Waals surface area contributed by atoms with E-state index in [-0.39, 0.29) is 18.5 Å². The molecule has 1 aromatic carbocycles. The number of halogens is 5. The van der Waals surface area contributed by atoms with Crippen molar-refractivity contribution in [3.05, 3.63) is 59.7 Å². The number of hydrogen-bond donors (Lipinski definition) is 2. The Morgan fingerprint density at radius 2 is 1.79 bits per heavy atom. The molecular formula is C20H18F5N5O3S. The first-order valence-corrected chi connectivity index (χ1v) is 11.6. The number of nitriles is 1. The van der Waals surface area contributed by atoms with Gasteiger partial charge in [0.05, 0.1) is 35.7 Å². The van der Waals surface area contributed by atoms with Gasteiger partial charge in [0.1, 0.15) is 23.4 Å². The van der Waals surface area contributed by atoms with Crippen molar-refractivity contribution in [3.63, 3.8) is 0 Å². The highest BCUT2D eigenvalue weighted by Crippen LogP contribution is 2.35. The number of nitrogens with one attached hydrogen (secondary N) is 2. The summed E-state index contributed by atoms with van der Waals surface area (Å²) in [5.41, 5.74) is -1.90. The summed E-state index contributed by atoms with van der Waals surface area (Å²) < 4.78 is 93.0. The molecule has 34 heavy (non-hydrogen) atoms. The van der Waals surface area contributed by atoms with E-state index in [9.17, 15) is 40.4 Å². The quantitative estimate of drug-likeness (QED) is 0.502. The van der Waals surface area contributed by atoms with Crippen LogP contribution in [0.15, 0.2) is 36.7 Å². The molecule has 1 amide bonds. The summed E-state index contributed by atoms with van der Waals surface area (Å²) in [6.07, 6.45) is -2.93. The molecule has 2 atom stereocenters. The number of amides is 1. The van der Waals surface area contributed by atoms with Gasteiger partial charge in [-0.2, -0.15) is 22.8 Å². The molecule has 182 valence electrons. The Morgan fingerprint density at radius 3 is 2.29 bits per heavy atom. The van der Waals surface area contributed by atoms with Crippen molar-refractivity contribution in [1.82, 2.24) is 20.6 Å². The lowest BCUT2D eigenvalue weighted by Crippen LogP contribution is -2.54. The summed E-state index contributed by atoms with van der Waals surface area (Å²) in [6, 6.07) is 0.703. The second-order valence-corrected chi connectivity index (χ2v) is 9.92. The van der Waals surface area contributed by atoms with Gasteiger partial charge in [-0.3, -0.25) is 15.1 Å². The summed E-state index contributed by atoms with van der Waals surface area (Å²) in [5, 5.41) is 13.5. The zero-order valence-electron chi connectivity index (χ0n) is 17.3. The van der Waals surface area contributed by atoms with Gasteiger partial charge in [-0.05, 0) is 30.5 Å². The number of carbonyl (C=O) groups is 1. The van der Waals surface area contributed by atoms with Gasteiger partial charge in [0, 0.05) is 0 Å². The number of hydrogen-bond acceptors (Lipinski definition) is 7. The van der Waals surface area contributed by atoms with Gasteiger partial charge in [-0.1, -0.05) is 12.1 Å². The Labute approximate surface area is 191 Å². The number of sulfone groups is 1. The fourth-order valence-electron chi connectivity index (χ4n) is 3.10. The van der Waals surface area contributed by atoms with E-state index in [0.717, 1.165) is 30.5 Å². The summed E-state index contributed by atoms with van der Waals surface area (Å²) in [5.74, 6) is -4.77. The van der Waals surface area contributed by atoms with E-state index in [0.29, 0.717) is 6.20 Å². The molecule has 0 saturated heterocycles. The second-order valence-electron chi connectivity index (χ2n) is 7.81. The molecule has 1 aliphatic carbocycles. The molecule has 8 nitrogen and oxygen atoms in total. The molecule has 0 aliphatic heterocycles. The van der Waals surface area contributed by atoms with Gasteiger partial charge in [0.2, 0.25) is 11.9 Å². The van der Waals surface area contributed by atoms with E-state index in [1.165, 1.54) is 0 Å². The van der Waals surface area contributed by atoms with Crippen LogP contribution in [0.3, 0.4) is 0 Å². The highest BCUT2D eigenvalue weighted by atomic mass is 32.2. The number of alkyl halides is 3. The maximum atomic E-state index is 13.8. The molecule has 0 radical (unpaired) electrons. The number of rotatable bonds is 9. The lowest BCUT2D eigenvalue weighted by Gasteiger charge is -2.28. The molecule has 3 rings (SSSR count). The molecule has 2 aromatic rings. The Balaban J connectivity index is 1.88. The molecule has 1 aromatic heterocycles. The van der Waals surface area contributed by atoms with Crippen molar-refractivity contribution in [2.45, 2.75) is 42.4 Å². The van der Waals surface area contributed by atoms with Crippen LogP contribution in [0.25, 0.3) is 0 Å². The van der Waals surface area contributed by atoms with Gasteiger partial charge in [-0.25, -0.2) is 17.8 Å². The van der Waals surface area contributed by atoms with Crippen molar-refractivity contribution in [2.24, 2.45) is 0 Å². The summed E-state index contributed by atoms with van der Waals surface area (Å²) >= 11 is 0. The van der Waals surface area contributed by atoms with Crippen LogP contribution in [0, 0.1) is 23.1 Å². The first-order chi connectivity index (χ1) is 15.8. The first-order valence-electron chi connectivity index (χ1n) is 9.81. The molecule has 1 heterocycles. The van der Waals surface area contributed by atoms with Crippen molar-refractivity contribution in [3.8, 4) is 6.07 Å². The maximum absolute atomic E-state index is 13.8. The first kappa shape index (κ1) is 25.4. The van der Waals surface area contributed by atoms with Gasteiger partial charge in [-0.15, -0.1) is 0 Å². The molecule has 2 N–H and O–H groups in total. The van der Waals surface area contributed by atoms with Gasteiger partial charge < -0.3 is 5.32 Å². The van der Waals surface area contributed by atoms with E-state index in [2.05, 4.69) is 15.3 Å². The fraction of sp³-hybridized carbons (Fsp3) is 0.400. The van der Waals surface area contributed by atoms with E-state index in [1.54, 1.807) is 0 Å². The van der Waals surface area contributed by atoms with Gasteiger partial charge in [0.25, 0.3) is 0 Å². The lowest BCUT2D eigenvalue weighted by molar-refractivity contribution is -0.160. The summed E-state index contributed by atoms with van der Waals surface area (Å²) in [4.78, 5) is 19.6. The summed E-state index contributed by atoms with van der Waals surface area (Å²) in [6.45, 7) is 0. The van der Waals surface area contributed by atoms with Crippen LogP contribution in [0.5, 0.6) is 0 Å². The highest BCUT2D eigenvalue weighted by molar-refractivity contribution is 7.90. The molecular weight excluding hydrogens is 485 g/mol. The van der Waals surface area contributed by atoms with Gasteiger partial charge in [0.15, 0.2) is 9.84 Å². The van der Waals surface area contributed by atoms with Crippen LogP contribution in [-0.2, 0) is 20.4 Å². The third-order valence-corrected chi connectivity index (χ3v) is 6.58. The molecule has 1 aliphatic rings. The van der Waals surface area contributed by atoms with Crippen LogP contribution in [0.4, 0.5) is 22.0 Å². The number of aromatic nitrogens is 2. The average Bonchev–Trinajstić information content (AvgIpc) is 3.52. The molecule has 0 unspecified atom stereocenters.